The van der Waals surface area contributed by atoms with Crippen molar-refractivity contribution in [2.45, 2.75) is 29.4 Å². The minimum absolute atomic E-state index is 0.0342. The number of alkyl halides is 1. The number of aliphatic hydroxyl groups is 2. The Kier molecular flexibility index (Phi) is 7.74. The van der Waals surface area contributed by atoms with Gasteiger partial charge in [-0.15, -0.1) is 0 Å². The van der Waals surface area contributed by atoms with Crippen molar-refractivity contribution in [3.05, 3.63) is 12.7 Å². The fourth-order valence-electron chi connectivity index (χ4n) is 3.03. The van der Waals surface area contributed by atoms with E-state index in [0.717, 1.165) is 17.2 Å². The summed E-state index contributed by atoms with van der Waals surface area (Å²) in [7, 11) is -26.6. The first-order valence-corrected chi connectivity index (χ1v) is 15.3. The molecule has 0 amide bonds. The molecule has 25 heteroatoms. The van der Waals surface area contributed by atoms with Crippen molar-refractivity contribution in [1.82, 2.24) is 19.5 Å². The number of nitrogen functional groups attached to an aromatic ring is 1. The van der Waals surface area contributed by atoms with Crippen LogP contribution < -0.4 is 5.73 Å². The molecular formula is C11H18FN5O15P4. The maximum Gasteiger partial charge on any atom is 0.479 e. The van der Waals surface area contributed by atoms with Gasteiger partial charge in [0.05, 0.1) is 12.9 Å². The molecular weight excluding hydrogens is 585 g/mol. The molecule has 0 aromatic carbocycles. The fourth-order valence-corrected chi connectivity index (χ4v) is 9.74. The summed E-state index contributed by atoms with van der Waals surface area (Å²) in [6, 6.07) is 0. The number of anilines is 1. The van der Waals surface area contributed by atoms with E-state index in [0.29, 0.717) is 0 Å². The summed E-state index contributed by atoms with van der Waals surface area (Å²) in [4.78, 5) is 60.7. The van der Waals surface area contributed by atoms with Crippen molar-refractivity contribution in [3.8, 4) is 0 Å². The quantitative estimate of drug-likeness (QED) is 0.144. The van der Waals surface area contributed by atoms with Gasteiger partial charge in [0.2, 0.25) is 0 Å². The highest BCUT2D eigenvalue weighted by Gasteiger charge is 2.76. The molecule has 1 aliphatic heterocycles. The molecule has 20 nitrogen and oxygen atoms in total. The molecule has 1 saturated heterocycles. The summed E-state index contributed by atoms with van der Waals surface area (Å²) in [5.41, 5.74) is 5.79. The third-order valence-corrected chi connectivity index (χ3v) is 13.7. The van der Waals surface area contributed by atoms with Crippen LogP contribution in [0.5, 0.6) is 0 Å². The van der Waals surface area contributed by atoms with Gasteiger partial charge in [0.25, 0.3) is 0 Å². The van der Waals surface area contributed by atoms with Crippen LogP contribution in [0.2, 0.25) is 0 Å². The van der Waals surface area contributed by atoms with E-state index in [1.807, 2.05) is 0 Å². The highest BCUT2D eigenvalue weighted by atomic mass is 31.3. The van der Waals surface area contributed by atoms with Crippen molar-refractivity contribution in [2.75, 3.05) is 12.3 Å². The summed E-state index contributed by atoms with van der Waals surface area (Å²) in [5, 5.41) is 20.5. The van der Waals surface area contributed by atoms with Gasteiger partial charge in [-0.3, -0.25) is 22.8 Å². The first-order chi connectivity index (χ1) is 16.2. The predicted octanol–water partition coefficient (Wildman–Crippen LogP) is -1.72. The van der Waals surface area contributed by atoms with Crippen molar-refractivity contribution in [2.24, 2.45) is 0 Å². The number of nitrogens with zero attached hydrogens (tertiary/aromatic N) is 4. The molecule has 3 heterocycles. The first kappa shape index (κ1) is 29.3. The molecule has 36 heavy (non-hydrogen) atoms. The molecule has 2 unspecified atom stereocenters. The normalized spacial score (nSPS) is 27.1. The van der Waals surface area contributed by atoms with Crippen LogP contribution in [-0.2, 0) is 31.8 Å². The predicted molar refractivity (Wildman–Crippen MR) is 110 cm³/mol. The van der Waals surface area contributed by atoms with E-state index in [2.05, 4.69) is 23.8 Å². The van der Waals surface area contributed by atoms with Crippen LogP contribution in [0.1, 0.15) is 6.23 Å². The third-order valence-electron chi connectivity index (χ3n) is 4.72. The molecule has 1 aliphatic rings. The van der Waals surface area contributed by atoms with Gasteiger partial charge in [-0.25, -0.2) is 28.2 Å². The van der Waals surface area contributed by atoms with Crippen LogP contribution in [0, 0.1) is 0 Å². The molecule has 0 saturated carbocycles. The number of aromatic nitrogens is 4. The molecule has 6 atom stereocenters. The number of nitrogens with two attached hydrogens (primary N) is 1. The van der Waals surface area contributed by atoms with E-state index in [1.165, 1.54) is 0 Å². The molecule has 2 aromatic rings. The van der Waals surface area contributed by atoms with Crippen LogP contribution in [0.3, 0.4) is 0 Å². The number of hydrogen-bond donors (Lipinski definition) is 9. The number of halogens is 1. The number of phosphoric ester groups is 1. The monoisotopic (exact) mass is 603 g/mol. The molecule has 204 valence electrons. The van der Waals surface area contributed by atoms with Crippen LogP contribution in [0.4, 0.5) is 10.2 Å². The summed E-state index contributed by atoms with van der Waals surface area (Å²) >= 11 is 0. The Bertz CT molecular complexity index is 1320. The van der Waals surface area contributed by atoms with Gasteiger partial charge >= 0.3 is 35.5 Å². The minimum atomic E-state index is -6.97. The van der Waals surface area contributed by atoms with Crippen LogP contribution >= 0.6 is 30.6 Å². The minimum Gasteiger partial charge on any atom is -0.387 e. The van der Waals surface area contributed by atoms with Crippen molar-refractivity contribution in [1.29, 1.82) is 0 Å². The SMILES string of the molecule is Nc1ncnc2c1ncn2[C@@H]1O[C@H](COP(=O)(O)OP(=O)(O)C(F)(P(=O)(O)O)P(=O)(O)O)[C@@H](O)[C@H]1O. The van der Waals surface area contributed by atoms with Crippen molar-refractivity contribution < 1.29 is 75.8 Å². The number of rotatable bonds is 9. The van der Waals surface area contributed by atoms with E-state index >= 15 is 0 Å². The second kappa shape index (κ2) is 9.50. The number of phosphoric acid groups is 1. The summed E-state index contributed by atoms with van der Waals surface area (Å²) < 4.78 is 75.4. The van der Waals surface area contributed by atoms with Crippen molar-refractivity contribution >= 4 is 47.6 Å². The standard InChI is InChI=1S/C11H18FN5O15P4/c12-11(33(20,21)22,34(23,24)25)35(26,27)32-36(28,29)30-1-4-6(18)7(19)10(31-4)17-3-16-5-8(13)14-2-15-9(5)17/h2-4,6-7,10,18-19H,1H2,(H,26,27)(H,28,29)(H2,13,14,15)(H2,20,21,22)(H2,23,24,25)/t4-,6-,7-,10-/m1/s1. The molecule has 0 radical (unpaired) electrons. The van der Waals surface area contributed by atoms with Gasteiger partial charge in [-0.05, 0) is 0 Å². The van der Waals surface area contributed by atoms with Gasteiger partial charge < -0.3 is 50.0 Å². The van der Waals surface area contributed by atoms with Gasteiger partial charge in [0, 0.05) is 0 Å². The van der Waals surface area contributed by atoms with Crippen LogP contribution in [0.15, 0.2) is 12.7 Å². The van der Waals surface area contributed by atoms with Gasteiger partial charge in [-0.1, -0.05) is 0 Å². The lowest BCUT2D eigenvalue weighted by atomic mass is 10.1. The van der Waals surface area contributed by atoms with Crippen LogP contribution in [-0.4, -0.2) is 88.9 Å². The number of imidazole rings is 1. The molecule has 0 bridgehead atoms. The lowest BCUT2D eigenvalue weighted by Gasteiger charge is -2.30. The smallest absolute Gasteiger partial charge is 0.387 e. The number of aliphatic hydroxyl groups excluding tert-OH is 2. The number of ether oxygens (including phenoxy) is 1. The zero-order valence-corrected chi connectivity index (χ0v) is 20.7. The highest BCUT2D eigenvalue weighted by molar-refractivity contribution is 7.89. The average Bonchev–Trinajstić information content (AvgIpc) is 3.26. The Morgan fingerprint density at radius 1 is 1.03 bits per heavy atom. The Hall–Kier alpha value is -1.24. The second-order valence-corrected chi connectivity index (χ2v) is 15.1. The zero-order chi connectivity index (χ0) is 27.5. The molecule has 10 N–H and O–H groups in total. The number of hydrogen-bond acceptors (Lipinski definition) is 13. The Morgan fingerprint density at radius 2 is 1.61 bits per heavy atom. The summed E-state index contributed by atoms with van der Waals surface area (Å²) in [6.45, 7) is -1.24. The molecule has 0 spiro atoms. The van der Waals surface area contributed by atoms with E-state index in [-0.39, 0.29) is 17.0 Å². The van der Waals surface area contributed by atoms with E-state index in [9.17, 15) is 42.7 Å². The summed E-state index contributed by atoms with van der Waals surface area (Å²) in [6.07, 6.45) is -4.59. The zero-order valence-electron chi connectivity index (χ0n) is 17.1. The maximum atomic E-state index is 14.6. The second-order valence-electron chi connectivity index (χ2n) is 7.14. The highest BCUT2D eigenvalue weighted by Crippen LogP contribution is 2.87. The molecule has 3 rings (SSSR count). The van der Waals surface area contributed by atoms with Gasteiger partial charge in [0.1, 0.15) is 30.2 Å². The molecule has 2 aromatic heterocycles. The maximum absolute atomic E-state index is 14.6. The lowest BCUT2D eigenvalue weighted by Crippen LogP contribution is -2.33. The van der Waals surface area contributed by atoms with Gasteiger partial charge in [-0.2, -0.15) is 0 Å². The van der Waals surface area contributed by atoms with E-state index in [1.54, 1.807) is 0 Å². The van der Waals surface area contributed by atoms with Crippen LogP contribution in [0.25, 0.3) is 11.2 Å². The molecule has 1 fully saturated rings. The van der Waals surface area contributed by atoms with E-state index < -0.39 is 66.6 Å². The Balaban J connectivity index is 1.78. The average molecular weight is 603 g/mol. The lowest BCUT2D eigenvalue weighted by molar-refractivity contribution is -0.0502. The van der Waals surface area contributed by atoms with E-state index in [4.69, 9.17) is 30.0 Å². The third kappa shape index (κ3) is 5.07. The largest absolute Gasteiger partial charge is 0.479 e. The number of fused-ring (bicyclic) bond motifs is 1. The fraction of sp³-hybridized carbons (Fsp3) is 0.545. The Labute approximate surface area is 198 Å². The molecule has 0 aliphatic carbocycles. The van der Waals surface area contributed by atoms with Crippen molar-refractivity contribution in [3.63, 3.8) is 0 Å². The topological polar surface area (TPSA) is 327 Å². The Morgan fingerprint density at radius 3 is 2.17 bits per heavy atom. The first-order valence-electron chi connectivity index (χ1n) is 9.00. The summed E-state index contributed by atoms with van der Waals surface area (Å²) in [5.74, 6) is -0.0342. The van der Waals surface area contributed by atoms with Gasteiger partial charge in [0.15, 0.2) is 17.7 Å².